The largest absolute Gasteiger partial charge is 0.478 e. The molecule has 0 fully saturated rings. The fourth-order valence-corrected chi connectivity index (χ4v) is 5.49. The molecule has 0 spiro atoms. The molecule has 3 aromatic carbocycles. The van der Waals surface area contributed by atoms with Crippen LogP contribution in [0.5, 0.6) is 0 Å². The third-order valence-electron chi connectivity index (χ3n) is 5.97. The molecule has 3 aromatic rings. The van der Waals surface area contributed by atoms with E-state index in [9.17, 15) is 9.90 Å². The van der Waals surface area contributed by atoms with Crippen LogP contribution in [0.4, 0.5) is 5.69 Å². The Morgan fingerprint density at radius 1 is 0.929 bits per heavy atom. The van der Waals surface area contributed by atoms with Gasteiger partial charge in [-0.15, -0.1) is 0 Å². The van der Waals surface area contributed by atoms with Crippen molar-refractivity contribution in [1.29, 1.82) is 0 Å². The Hall–Kier alpha value is -2.49. The highest BCUT2D eigenvalue weighted by molar-refractivity contribution is 6.36. The lowest BCUT2D eigenvalue weighted by atomic mass is 9.75. The van der Waals surface area contributed by atoms with Crippen LogP contribution in [0.2, 0.25) is 10.0 Å². The highest BCUT2D eigenvalue weighted by Gasteiger charge is 2.45. The van der Waals surface area contributed by atoms with E-state index in [0.717, 1.165) is 17.5 Å². The summed E-state index contributed by atoms with van der Waals surface area (Å²) in [6, 6.07) is 19.2. The van der Waals surface area contributed by atoms with E-state index in [1.165, 1.54) is 11.1 Å². The summed E-state index contributed by atoms with van der Waals surface area (Å²) in [4.78, 5) is 11.9. The normalized spacial score (nSPS) is 22.0. The number of nitrogens with one attached hydrogen (secondary N) is 1. The van der Waals surface area contributed by atoms with Gasteiger partial charge in [0.05, 0.1) is 17.3 Å². The molecular formula is C23H17Cl2NO2. The number of carbonyl (C=O) groups is 1. The van der Waals surface area contributed by atoms with Crippen molar-refractivity contribution in [2.45, 2.75) is 18.4 Å². The Kier molecular flexibility index (Phi) is 4.11. The predicted molar refractivity (Wildman–Crippen MR) is 112 cm³/mol. The maximum absolute atomic E-state index is 11.9. The average Bonchev–Trinajstić information content (AvgIpc) is 3.07. The second kappa shape index (κ2) is 6.54. The molecule has 140 valence electrons. The highest BCUT2D eigenvalue weighted by Crippen LogP contribution is 2.55. The van der Waals surface area contributed by atoms with Crippen LogP contribution in [-0.2, 0) is 6.42 Å². The van der Waals surface area contributed by atoms with Gasteiger partial charge in [-0.25, -0.2) is 4.79 Å². The van der Waals surface area contributed by atoms with E-state index in [0.29, 0.717) is 15.7 Å². The molecule has 1 aliphatic carbocycles. The third-order valence-corrected chi connectivity index (χ3v) is 6.63. The summed E-state index contributed by atoms with van der Waals surface area (Å²) < 4.78 is 0. The Bertz CT molecular complexity index is 1090. The lowest BCUT2D eigenvalue weighted by Crippen LogP contribution is -2.32. The lowest BCUT2D eigenvalue weighted by molar-refractivity contribution is 0.0697. The molecule has 3 nitrogen and oxygen atoms in total. The van der Waals surface area contributed by atoms with Crippen molar-refractivity contribution in [3.8, 4) is 0 Å². The number of carboxylic acid groups (broad SMARTS) is 1. The number of benzene rings is 3. The summed E-state index contributed by atoms with van der Waals surface area (Å²) in [5.41, 5.74) is 5.34. The topological polar surface area (TPSA) is 49.3 Å². The van der Waals surface area contributed by atoms with Crippen LogP contribution in [0.3, 0.4) is 0 Å². The molecule has 0 aromatic heterocycles. The Labute approximate surface area is 172 Å². The second-order valence-electron chi connectivity index (χ2n) is 7.38. The molecule has 0 amide bonds. The first kappa shape index (κ1) is 17.6. The molecule has 0 unspecified atom stereocenters. The molecule has 3 atom stereocenters. The maximum atomic E-state index is 11.9. The van der Waals surface area contributed by atoms with E-state index in [4.69, 9.17) is 23.2 Å². The maximum Gasteiger partial charge on any atom is 0.337 e. The van der Waals surface area contributed by atoms with E-state index < -0.39 is 5.97 Å². The summed E-state index contributed by atoms with van der Waals surface area (Å²) in [5.74, 6) is -0.645. The highest BCUT2D eigenvalue weighted by atomic mass is 35.5. The Balaban J connectivity index is 1.77. The van der Waals surface area contributed by atoms with Crippen LogP contribution in [0.1, 0.15) is 44.6 Å². The van der Waals surface area contributed by atoms with Crippen LogP contribution in [0, 0.1) is 5.92 Å². The van der Waals surface area contributed by atoms with E-state index in [1.807, 2.05) is 36.4 Å². The zero-order chi connectivity index (χ0) is 19.4. The van der Waals surface area contributed by atoms with Crippen molar-refractivity contribution in [2.75, 3.05) is 5.32 Å². The fraction of sp³-hybridized carbons (Fsp3) is 0.174. The number of fused-ring (bicyclic) bond motifs is 5. The van der Waals surface area contributed by atoms with Gasteiger partial charge in [0.25, 0.3) is 0 Å². The first-order chi connectivity index (χ1) is 13.6. The van der Waals surface area contributed by atoms with Gasteiger partial charge >= 0.3 is 5.97 Å². The Morgan fingerprint density at radius 2 is 1.61 bits per heavy atom. The summed E-state index contributed by atoms with van der Waals surface area (Å²) in [5, 5.41) is 14.4. The van der Waals surface area contributed by atoms with Crippen molar-refractivity contribution in [2.24, 2.45) is 5.92 Å². The molecule has 0 bridgehead atoms. The van der Waals surface area contributed by atoms with Gasteiger partial charge in [-0.3, -0.25) is 0 Å². The standard InChI is InChI=1S/C23H17Cl2NO2/c24-17-9-4-10-18(25)20(17)22-16-11-12-5-1-2-6-13(12)19(16)14-7-3-8-15(23(27)28)21(14)26-22/h1-10,16,19,22,26H,11H2,(H,27,28)/t16-,19+,22+/m1/s1. The molecule has 5 heteroatoms. The smallest absolute Gasteiger partial charge is 0.337 e. The molecular weight excluding hydrogens is 393 g/mol. The number of hydrogen-bond acceptors (Lipinski definition) is 2. The molecule has 0 radical (unpaired) electrons. The van der Waals surface area contributed by atoms with Crippen molar-refractivity contribution in [1.82, 2.24) is 0 Å². The van der Waals surface area contributed by atoms with E-state index >= 15 is 0 Å². The average molecular weight is 410 g/mol. The lowest BCUT2D eigenvalue weighted by Gasteiger charge is -2.39. The number of rotatable bonds is 2. The van der Waals surface area contributed by atoms with Crippen LogP contribution in [-0.4, -0.2) is 11.1 Å². The Morgan fingerprint density at radius 3 is 2.36 bits per heavy atom. The molecule has 0 saturated carbocycles. The molecule has 1 heterocycles. The zero-order valence-corrected chi connectivity index (χ0v) is 16.3. The molecule has 5 rings (SSSR count). The molecule has 0 saturated heterocycles. The van der Waals surface area contributed by atoms with Crippen molar-refractivity contribution < 1.29 is 9.90 Å². The van der Waals surface area contributed by atoms with Crippen molar-refractivity contribution in [3.05, 3.63) is 98.5 Å². The number of aromatic carboxylic acids is 1. The summed E-state index contributed by atoms with van der Waals surface area (Å²) in [6.07, 6.45) is 0.886. The van der Waals surface area contributed by atoms with Gasteiger partial charge in [0.2, 0.25) is 0 Å². The minimum absolute atomic E-state index is 0.101. The zero-order valence-electron chi connectivity index (χ0n) is 14.8. The number of hydrogen-bond donors (Lipinski definition) is 2. The van der Waals surface area contributed by atoms with Crippen LogP contribution in [0.15, 0.2) is 60.7 Å². The predicted octanol–water partition coefficient (Wildman–Crippen LogP) is 6.16. The van der Waals surface area contributed by atoms with Crippen molar-refractivity contribution in [3.63, 3.8) is 0 Å². The number of anilines is 1. The number of halogens is 2. The van der Waals surface area contributed by atoms with Gasteiger partial charge in [-0.1, -0.05) is 65.7 Å². The summed E-state index contributed by atoms with van der Waals surface area (Å²) in [7, 11) is 0. The molecule has 2 aliphatic rings. The van der Waals surface area contributed by atoms with Crippen LogP contribution >= 0.6 is 23.2 Å². The molecule has 1 aliphatic heterocycles. The van der Waals surface area contributed by atoms with Gasteiger partial charge in [0, 0.05) is 21.5 Å². The molecule has 28 heavy (non-hydrogen) atoms. The first-order valence-corrected chi connectivity index (χ1v) is 9.96. The van der Waals surface area contributed by atoms with Crippen LogP contribution in [0.25, 0.3) is 0 Å². The third kappa shape index (κ3) is 2.54. The number of para-hydroxylation sites is 1. The van der Waals surface area contributed by atoms with Gasteiger partial charge in [0.1, 0.15) is 0 Å². The van der Waals surface area contributed by atoms with E-state index in [-0.39, 0.29) is 23.4 Å². The van der Waals surface area contributed by atoms with Crippen molar-refractivity contribution >= 4 is 34.9 Å². The number of carboxylic acids is 1. The van der Waals surface area contributed by atoms with E-state index in [1.54, 1.807) is 6.07 Å². The van der Waals surface area contributed by atoms with Gasteiger partial charge < -0.3 is 10.4 Å². The monoisotopic (exact) mass is 409 g/mol. The minimum atomic E-state index is -0.946. The van der Waals surface area contributed by atoms with Gasteiger partial charge in [-0.05, 0) is 47.2 Å². The first-order valence-electron chi connectivity index (χ1n) is 9.20. The fourth-order valence-electron chi connectivity index (χ4n) is 4.86. The quantitative estimate of drug-likeness (QED) is 0.532. The van der Waals surface area contributed by atoms with Crippen LogP contribution < -0.4 is 5.32 Å². The summed E-state index contributed by atoms with van der Waals surface area (Å²) >= 11 is 13.1. The van der Waals surface area contributed by atoms with Gasteiger partial charge in [-0.2, -0.15) is 0 Å². The summed E-state index contributed by atoms with van der Waals surface area (Å²) in [6.45, 7) is 0. The second-order valence-corrected chi connectivity index (χ2v) is 8.19. The minimum Gasteiger partial charge on any atom is -0.478 e. The van der Waals surface area contributed by atoms with Gasteiger partial charge in [0.15, 0.2) is 0 Å². The molecule has 2 N–H and O–H groups in total. The SMILES string of the molecule is O=C(O)c1cccc2c1N[C@H](c1c(Cl)cccc1Cl)[C@@H]1Cc3ccccc3[C@@H]21. The van der Waals surface area contributed by atoms with E-state index in [2.05, 4.69) is 23.5 Å².